The van der Waals surface area contributed by atoms with E-state index >= 15 is 0 Å². The fourth-order valence-electron chi connectivity index (χ4n) is 4.45. The second-order valence-corrected chi connectivity index (χ2v) is 7.57. The first-order valence-electron chi connectivity index (χ1n) is 9.53. The number of hydrogen-bond donors (Lipinski definition) is 1. The molecule has 5 heteroatoms. The number of H-pyrrole nitrogens is 1. The van der Waals surface area contributed by atoms with Gasteiger partial charge in [0.2, 0.25) is 5.91 Å². The van der Waals surface area contributed by atoms with Gasteiger partial charge in [-0.25, -0.2) is 4.98 Å². The number of rotatable bonds is 3. The summed E-state index contributed by atoms with van der Waals surface area (Å²) in [5.41, 5.74) is 3.44. The third kappa shape index (κ3) is 3.43. The highest BCUT2D eigenvalue weighted by Gasteiger charge is 2.30. The van der Waals surface area contributed by atoms with Gasteiger partial charge in [-0.2, -0.15) is 0 Å². The molecule has 136 valence electrons. The number of nitrogens with one attached hydrogen (secondary N) is 1. The lowest BCUT2D eigenvalue weighted by Gasteiger charge is -2.33. The SMILES string of the molecule is Cc1nc([C@H]2CCCN(C(=O)C[C@@H]3CCc4ccccc43)C2)cc(=O)[nH]1. The molecule has 5 nitrogen and oxygen atoms in total. The van der Waals surface area contributed by atoms with Gasteiger partial charge in [-0.05, 0) is 49.7 Å². The number of amides is 1. The van der Waals surface area contributed by atoms with Crippen molar-refractivity contribution in [2.24, 2.45) is 0 Å². The summed E-state index contributed by atoms with van der Waals surface area (Å²) in [5, 5.41) is 0. The van der Waals surface area contributed by atoms with Gasteiger partial charge in [-0.3, -0.25) is 9.59 Å². The molecule has 2 aliphatic rings. The number of carbonyl (C=O) groups is 1. The molecule has 0 radical (unpaired) electrons. The Morgan fingerprint density at radius 3 is 3.00 bits per heavy atom. The van der Waals surface area contributed by atoms with E-state index in [9.17, 15) is 9.59 Å². The van der Waals surface area contributed by atoms with Crippen LogP contribution in [0.15, 0.2) is 35.1 Å². The first-order chi connectivity index (χ1) is 12.6. The van der Waals surface area contributed by atoms with Crippen molar-refractivity contribution < 1.29 is 4.79 Å². The lowest BCUT2D eigenvalue weighted by atomic mass is 9.92. The molecule has 1 amide bonds. The second kappa shape index (κ2) is 7.06. The van der Waals surface area contributed by atoms with E-state index < -0.39 is 0 Å². The van der Waals surface area contributed by atoms with Gasteiger partial charge < -0.3 is 9.88 Å². The van der Waals surface area contributed by atoms with Gasteiger partial charge >= 0.3 is 0 Å². The van der Waals surface area contributed by atoms with Crippen LogP contribution in [0.4, 0.5) is 0 Å². The summed E-state index contributed by atoms with van der Waals surface area (Å²) in [7, 11) is 0. The maximum Gasteiger partial charge on any atom is 0.251 e. The minimum Gasteiger partial charge on any atom is -0.342 e. The van der Waals surface area contributed by atoms with E-state index in [2.05, 4.69) is 34.2 Å². The normalized spacial score (nSPS) is 22.3. The van der Waals surface area contributed by atoms with Crippen molar-refractivity contribution in [2.45, 2.75) is 50.9 Å². The minimum absolute atomic E-state index is 0.112. The quantitative estimate of drug-likeness (QED) is 0.925. The number of aromatic nitrogens is 2. The van der Waals surface area contributed by atoms with Crippen LogP contribution in [0, 0.1) is 6.92 Å². The lowest BCUT2D eigenvalue weighted by Crippen LogP contribution is -2.40. The highest BCUT2D eigenvalue weighted by Crippen LogP contribution is 2.36. The van der Waals surface area contributed by atoms with Crippen molar-refractivity contribution in [1.29, 1.82) is 0 Å². The van der Waals surface area contributed by atoms with Crippen LogP contribution in [0.3, 0.4) is 0 Å². The van der Waals surface area contributed by atoms with Crippen molar-refractivity contribution in [1.82, 2.24) is 14.9 Å². The number of carbonyl (C=O) groups excluding carboxylic acids is 1. The van der Waals surface area contributed by atoms with Crippen molar-refractivity contribution >= 4 is 5.91 Å². The van der Waals surface area contributed by atoms with Crippen LogP contribution in [-0.4, -0.2) is 33.9 Å². The molecule has 0 bridgehead atoms. The number of benzene rings is 1. The lowest BCUT2D eigenvalue weighted by molar-refractivity contribution is -0.132. The standard InChI is InChI=1S/C21H25N3O2/c1-14-22-19(12-20(25)23-14)17-6-4-10-24(13-17)21(26)11-16-9-8-15-5-2-3-7-18(15)16/h2-3,5,7,12,16-17H,4,6,8-11,13H2,1H3,(H,22,23,25)/t16-,17-/m0/s1. The molecule has 4 rings (SSSR count). The van der Waals surface area contributed by atoms with E-state index in [-0.39, 0.29) is 17.4 Å². The number of hydrogen-bond acceptors (Lipinski definition) is 3. The molecule has 1 aromatic heterocycles. The molecule has 2 aromatic rings. The van der Waals surface area contributed by atoms with E-state index in [0.29, 0.717) is 24.7 Å². The Kier molecular flexibility index (Phi) is 4.62. The highest BCUT2D eigenvalue weighted by molar-refractivity contribution is 5.77. The van der Waals surface area contributed by atoms with Crippen molar-refractivity contribution in [3.8, 4) is 0 Å². The molecule has 1 aliphatic heterocycles. The van der Waals surface area contributed by atoms with E-state index in [1.165, 1.54) is 11.1 Å². The third-order valence-corrected chi connectivity index (χ3v) is 5.75. The first-order valence-corrected chi connectivity index (χ1v) is 9.53. The van der Waals surface area contributed by atoms with Crippen molar-refractivity contribution in [2.75, 3.05) is 13.1 Å². The van der Waals surface area contributed by atoms with Gasteiger partial charge in [-0.15, -0.1) is 0 Å². The van der Waals surface area contributed by atoms with Gasteiger partial charge in [0.05, 0.1) is 5.69 Å². The zero-order chi connectivity index (χ0) is 18.1. The summed E-state index contributed by atoms with van der Waals surface area (Å²) < 4.78 is 0. The number of aromatic amines is 1. The maximum absolute atomic E-state index is 12.9. The number of piperidine rings is 1. The molecule has 0 saturated carbocycles. The van der Waals surface area contributed by atoms with E-state index in [4.69, 9.17) is 0 Å². The summed E-state index contributed by atoms with van der Waals surface area (Å²) in [6.45, 7) is 3.28. The van der Waals surface area contributed by atoms with E-state index in [0.717, 1.165) is 37.9 Å². The van der Waals surface area contributed by atoms with E-state index in [1.54, 1.807) is 13.0 Å². The Labute approximate surface area is 153 Å². The summed E-state index contributed by atoms with van der Waals surface area (Å²) in [6.07, 6.45) is 4.67. The van der Waals surface area contributed by atoms with Crippen molar-refractivity contribution in [3.63, 3.8) is 0 Å². The molecule has 2 atom stereocenters. The largest absolute Gasteiger partial charge is 0.342 e. The number of aryl methyl sites for hydroxylation is 2. The Morgan fingerprint density at radius 2 is 2.15 bits per heavy atom. The Bertz CT molecular complexity index is 874. The van der Waals surface area contributed by atoms with Gasteiger partial charge in [0, 0.05) is 31.5 Å². The smallest absolute Gasteiger partial charge is 0.251 e. The molecule has 0 spiro atoms. The average molecular weight is 351 g/mol. The average Bonchev–Trinajstić information content (AvgIpc) is 3.04. The summed E-state index contributed by atoms with van der Waals surface area (Å²) in [4.78, 5) is 33.8. The molecular formula is C21H25N3O2. The summed E-state index contributed by atoms with van der Waals surface area (Å²) >= 11 is 0. The van der Waals surface area contributed by atoms with Crippen LogP contribution >= 0.6 is 0 Å². The predicted octanol–water partition coefficient (Wildman–Crippen LogP) is 2.90. The van der Waals surface area contributed by atoms with Crippen LogP contribution in [0.5, 0.6) is 0 Å². The second-order valence-electron chi connectivity index (χ2n) is 7.57. The first kappa shape index (κ1) is 17.0. The molecule has 1 aliphatic carbocycles. The minimum atomic E-state index is -0.112. The van der Waals surface area contributed by atoms with Crippen LogP contribution in [0.25, 0.3) is 0 Å². The summed E-state index contributed by atoms with van der Waals surface area (Å²) in [5.74, 6) is 1.38. The Hall–Kier alpha value is -2.43. The number of likely N-dealkylation sites (tertiary alicyclic amines) is 1. The zero-order valence-corrected chi connectivity index (χ0v) is 15.2. The van der Waals surface area contributed by atoms with Gasteiger partial charge in [0.15, 0.2) is 0 Å². The molecule has 1 saturated heterocycles. The monoisotopic (exact) mass is 351 g/mol. The van der Waals surface area contributed by atoms with Crippen LogP contribution < -0.4 is 5.56 Å². The maximum atomic E-state index is 12.9. The van der Waals surface area contributed by atoms with Crippen LogP contribution in [-0.2, 0) is 11.2 Å². The van der Waals surface area contributed by atoms with Crippen LogP contribution in [0.2, 0.25) is 0 Å². The fraction of sp³-hybridized carbons (Fsp3) is 0.476. The summed E-state index contributed by atoms with van der Waals surface area (Å²) in [6, 6.07) is 10.1. The molecule has 1 fully saturated rings. The zero-order valence-electron chi connectivity index (χ0n) is 15.2. The molecule has 1 aromatic carbocycles. The molecule has 1 N–H and O–H groups in total. The molecule has 0 unspecified atom stereocenters. The molecule has 26 heavy (non-hydrogen) atoms. The number of fused-ring (bicyclic) bond motifs is 1. The molecular weight excluding hydrogens is 326 g/mol. The predicted molar refractivity (Wildman–Crippen MR) is 100 cm³/mol. The van der Waals surface area contributed by atoms with E-state index in [1.807, 2.05) is 4.90 Å². The van der Waals surface area contributed by atoms with Gasteiger partial charge in [0.1, 0.15) is 5.82 Å². The molecule has 2 heterocycles. The topological polar surface area (TPSA) is 66.1 Å². The van der Waals surface area contributed by atoms with Crippen LogP contribution in [0.1, 0.15) is 60.2 Å². The van der Waals surface area contributed by atoms with Gasteiger partial charge in [0.25, 0.3) is 5.56 Å². The number of nitrogens with zero attached hydrogens (tertiary/aromatic N) is 2. The third-order valence-electron chi connectivity index (χ3n) is 5.75. The van der Waals surface area contributed by atoms with Gasteiger partial charge in [-0.1, -0.05) is 24.3 Å². The fourth-order valence-corrected chi connectivity index (χ4v) is 4.45. The Morgan fingerprint density at radius 1 is 1.31 bits per heavy atom. The Balaban J connectivity index is 1.45. The highest BCUT2D eigenvalue weighted by atomic mass is 16.2. The van der Waals surface area contributed by atoms with Crippen molar-refractivity contribution in [3.05, 3.63) is 63.3 Å².